The van der Waals surface area contributed by atoms with E-state index in [1.807, 2.05) is 0 Å². The molecule has 4 heterocycles. The Bertz CT molecular complexity index is 1590. The third-order valence-corrected chi connectivity index (χ3v) is 7.00. The van der Waals surface area contributed by atoms with Gasteiger partial charge in [0.2, 0.25) is 5.96 Å². The molecule has 34 heavy (non-hydrogen) atoms. The summed E-state index contributed by atoms with van der Waals surface area (Å²) in [6.07, 6.45) is 2.26. The van der Waals surface area contributed by atoms with Gasteiger partial charge >= 0.3 is 0 Å². The highest BCUT2D eigenvalue weighted by atomic mass is 15.4. The molecule has 0 spiro atoms. The molecule has 2 aliphatic rings. The van der Waals surface area contributed by atoms with Crippen LogP contribution in [0, 0.1) is 0 Å². The van der Waals surface area contributed by atoms with E-state index in [0.29, 0.717) is 0 Å². The first-order chi connectivity index (χ1) is 16.8. The van der Waals surface area contributed by atoms with E-state index in [2.05, 4.69) is 88.7 Å². The van der Waals surface area contributed by atoms with Crippen LogP contribution in [0.25, 0.3) is 43.8 Å². The minimum absolute atomic E-state index is 0.898. The molecule has 5 nitrogen and oxygen atoms in total. The number of rotatable bonds is 2. The summed E-state index contributed by atoms with van der Waals surface area (Å²) in [6, 6.07) is 27.9. The van der Waals surface area contributed by atoms with E-state index in [1.54, 1.807) is 0 Å². The molecule has 0 unspecified atom stereocenters. The van der Waals surface area contributed by atoms with Crippen molar-refractivity contribution in [3.05, 3.63) is 78.9 Å². The lowest BCUT2D eigenvalue weighted by Crippen LogP contribution is -2.52. The van der Waals surface area contributed by atoms with Gasteiger partial charge in [-0.2, -0.15) is 0 Å². The van der Waals surface area contributed by atoms with Gasteiger partial charge < -0.3 is 4.90 Å². The lowest BCUT2D eigenvalue weighted by atomic mass is 10.0. The van der Waals surface area contributed by atoms with Gasteiger partial charge in [-0.15, -0.1) is 0 Å². The number of fused-ring (bicyclic) bond motifs is 5. The van der Waals surface area contributed by atoms with Crippen molar-refractivity contribution in [1.82, 2.24) is 14.9 Å². The molecule has 2 aromatic heterocycles. The zero-order valence-corrected chi connectivity index (χ0v) is 19.0. The Morgan fingerprint density at radius 3 is 2.26 bits per heavy atom. The molecule has 3 aromatic carbocycles. The van der Waals surface area contributed by atoms with Crippen molar-refractivity contribution in [1.29, 1.82) is 0 Å². The van der Waals surface area contributed by atoms with Crippen LogP contribution in [0.3, 0.4) is 0 Å². The van der Waals surface area contributed by atoms with Crippen molar-refractivity contribution in [3.8, 4) is 11.3 Å². The number of hydrogen-bond donors (Lipinski definition) is 0. The van der Waals surface area contributed by atoms with E-state index in [4.69, 9.17) is 15.0 Å². The van der Waals surface area contributed by atoms with Crippen LogP contribution in [-0.2, 0) is 0 Å². The topological polar surface area (TPSA) is 44.6 Å². The number of aliphatic imine (C=N–C) groups is 1. The first-order valence-corrected chi connectivity index (χ1v) is 12.1. The van der Waals surface area contributed by atoms with Gasteiger partial charge in [0, 0.05) is 42.5 Å². The molecule has 0 radical (unpaired) electrons. The van der Waals surface area contributed by atoms with Gasteiger partial charge in [0.1, 0.15) is 5.82 Å². The number of pyridine rings is 2. The molecule has 0 aliphatic carbocycles. The zero-order valence-electron chi connectivity index (χ0n) is 19.0. The molecule has 166 valence electrons. The van der Waals surface area contributed by atoms with Crippen molar-refractivity contribution in [2.75, 3.05) is 31.1 Å². The highest BCUT2D eigenvalue weighted by Crippen LogP contribution is 2.30. The molecule has 5 aromatic rings. The quantitative estimate of drug-likeness (QED) is 0.320. The maximum atomic E-state index is 5.16. The summed E-state index contributed by atoms with van der Waals surface area (Å²) >= 11 is 0. The van der Waals surface area contributed by atoms with Gasteiger partial charge in [0.25, 0.3) is 0 Å². The minimum Gasteiger partial charge on any atom is -0.342 e. The predicted molar refractivity (Wildman–Crippen MR) is 140 cm³/mol. The second-order valence-electron chi connectivity index (χ2n) is 9.16. The van der Waals surface area contributed by atoms with Gasteiger partial charge in [0.05, 0.1) is 16.7 Å². The Hall–Kier alpha value is -3.99. The van der Waals surface area contributed by atoms with Gasteiger partial charge in [-0.05, 0) is 47.9 Å². The average Bonchev–Trinajstić information content (AvgIpc) is 2.92. The van der Waals surface area contributed by atoms with E-state index >= 15 is 0 Å². The van der Waals surface area contributed by atoms with Crippen molar-refractivity contribution in [3.63, 3.8) is 0 Å². The Kier molecular flexibility index (Phi) is 4.47. The Labute approximate surface area is 198 Å². The van der Waals surface area contributed by atoms with E-state index in [9.17, 15) is 0 Å². The van der Waals surface area contributed by atoms with Crippen LogP contribution in [0.15, 0.2) is 83.9 Å². The summed E-state index contributed by atoms with van der Waals surface area (Å²) in [6.45, 7) is 4.02. The molecule has 5 heteroatoms. The summed E-state index contributed by atoms with van der Waals surface area (Å²) in [4.78, 5) is 19.8. The largest absolute Gasteiger partial charge is 0.342 e. The first-order valence-electron chi connectivity index (χ1n) is 12.1. The van der Waals surface area contributed by atoms with Crippen molar-refractivity contribution < 1.29 is 0 Å². The second kappa shape index (κ2) is 7.80. The Morgan fingerprint density at radius 2 is 1.35 bits per heavy atom. The fourth-order valence-corrected chi connectivity index (χ4v) is 5.26. The lowest BCUT2D eigenvalue weighted by molar-refractivity contribution is 0.359. The Balaban J connectivity index is 1.37. The van der Waals surface area contributed by atoms with Crippen LogP contribution in [-0.4, -0.2) is 47.0 Å². The predicted octanol–water partition coefficient (Wildman–Crippen LogP) is 5.88. The number of nitrogens with zero attached hydrogens (tertiary/aromatic N) is 5. The zero-order chi connectivity index (χ0) is 22.5. The van der Waals surface area contributed by atoms with E-state index in [0.717, 1.165) is 83.9 Å². The summed E-state index contributed by atoms with van der Waals surface area (Å²) in [5.41, 5.74) is 3.99. The SMILES string of the molecule is c1ccc2cc(-c3ccc4ccc5ccc(N6CCCN7CCCN=C76)nc5c4n3)ccc2c1. The third kappa shape index (κ3) is 3.19. The van der Waals surface area contributed by atoms with Gasteiger partial charge in [-0.25, -0.2) is 9.97 Å². The molecular weight excluding hydrogens is 418 g/mol. The number of benzene rings is 3. The molecule has 0 atom stereocenters. The monoisotopic (exact) mass is 443 g/mol. The minimum atomic E-state index is 0.898. The van der Waals surface area contributed by atoms with Gasteiger partial charge in [0.15, 0.2) is 0 Å². The van der Waals surface area contributed by atoms with E-state index in [1.165, 1.54) is 10.8 Å². The summed E-state index contributed by atoms with van der Waals surface area (Å²) in [7, 11) is 0. The second-order valence-corrected chi connectivity index (χ2v) is 9.16. The van der Waals surface area contributed by atoms with Crippen molar-refractivity contribution in [2.24, 2.45) is 4.99 Å². The average molecular weight is 444 g/mol. The summed E-state index contributed by atoms with van der Waals surface area (Å²) in [5.74, 6) is 2.04. The molecule has 2 aliphatic heterocycles. The smallest absolute Gasteiger partial charge is 0.202 e. The van der Waals surface area contributed by atoms with Crippen LogP contribution in [0.1, 0.15) is 12.8 Å². The van der Waals surface area contributed by atoms with Crippen LogP contribution in [0.5, 0.6) is 0 Å². The van der Waals surface area contributed by atoms with Crippen LogP contribution in [0.4, 0.5) is 5.82 Å². The standard InChI is InChI=1S/C29H25N5/c1-2-6-23-19-24(10-7-20(23)5-1)25-13-11-21-8-9-22-12-14-26(32-28(22)27(21)31-25)34-18-4-17-33-16-3-15-30-29(33)34/h1-2,5-14,19H,3-4,15-18H2. The maximum Gasteiger partial charge on any atom is 0.202 e. The molecule has 1 saturated heterocycles. The lowest BCUT2D eigenvalue weighted by Gasteiger charge is -2.40. The molecule has 0 N–H and O–H groups in total. The fourth-order valence-electron chi connectivity index (χ4n) is 5.26. The third-order valence-electron chi connectivity index (χ3n) is 7.00. The molecule has 0 bridgehead atoms. The van der Waals surface area contributed by atoms with Crippen LogP contribution < -0.4 is 4.90 Å². The van der Waals surface area contributed by atoms with E-state index in [-0.39, 0.29) is 0 Å². The molecule has 0 amide bonds. The van der Waals surface area contributed by atoms with Crippen LogP contribution in [0.2, 0.25) is 0 Å². The highest BCUT2D eigenvalue weighted by Gasteiger charge is 2.27. The number of anilines is 1. The molecule has 1 fully saturated rings. The molecule has 7 rings (SSSR count). The number of hydrogen-bond acceptors (Lipinski definition) is 5. The van der Waals surface area contributed by atoms with Gasteiger partial charge in [-0.1, -0.05) is 54.6 Å². The summed E-state index contributed by atoms with van der Waals surface area (Å²) < 4.78 is 0. The van der Waals surface area contributed by atoms with Crippen molar-refractivity contribution in [2.45, 2.75) is 12.8 Å². The number of guanidine groups is 1. The molecular formula is C29H25N5. The highest BCUT2D eigenvalue weighted by molar-refractivity contribution is 6.05. The maximum absolute atomic E-state index is 5.16. The van der Waals surface area contributed by atoms with Crippen molar-refractivity contribution >= 4 is 44.4 Å². The first kappa shape index (κ1) is 19.5. The fraction of sp³-hybridized carbons (Fsp3) is 0.207. The van der Waals surface area contributed by atoms with Crippen LogP contribution >= 0.6 is 0 Å². The Morgan fingerprint density at radius 1 is 0.618 bits per heavy atom. The van der Waals surface area contributed by atoms with E-state index < -0.39 is 0 Å². The normalized spacial score (nSPS) is 16.2. The molecule has 0 saturated carbocycles. The number of aromatic nitrogens is 2. The van der Waals surface area contributed by atoms with Gasteiger partial charge in [-0.3, -0.25) is 9.89 Å². The summed E-state index contributed by atoms with van der Waals surface area (Å²) in [5, 5.41) is 4.68.